The van der Waals surface area contributed by atoms with E-state index in [0.717, 1.165) is 0 Å². The highest BCUT2D eigenvalue weighted by Crippen LogP contribution is 2.37. The second kappa shape index (κ2) is 5.43. The number of benzene rings is 2. The fraction of sp³-hybridized carbons (Fsp3) is 0.318. The quantitative estimate of drug-likeness (QED) is 0.612. The lowest BCUT2D eigenvalue weighted by Gasteiger charge is -2.19. The zero-order valence-electron chi connectivity index (χ0n) is 14.3. The van der Waals surface area contributed by atoms with Crippen LogP contribution in [0.4, 0.5) is 0 Å². The van der Waals surface area contributed by atoms with Gasteiger partial charge in [-0.3, -0.25) is 0 Å². The molecule has 0 bridgehead atoms. The summed E-state index contributed by atoms with van der Waals surface area (Å²) in [6.45, 7) is 11.3. The molecule has 0 atom stereocenters. The molecule has 0 aliphatic heterocycles. The molecule has 0 saturated heterocycles. The maximum absolute atomic E-state index is 2.35. The maximum atomic E-state index is 2.35. The molecule has 0 spiro atoms. The van der Waals surface area contributed by atoms with Gasteiger partial charge in [-0.25, -0.2) is 0 Å². The van der Waals surface area contributed by atoms with E-state index in [1.54, 1.807) is 0 Å². The van der Waals surface area contributed by atoms with Gasteiger partial charge in [-0.05, 0) is 39.2 Å². The Morgan fingerprint density at radius 2 is 1.55 bits per heavy atom. The minimum absolute atomic E-state index is 0.204. The Balaban J connectivity index is 2.03. The van der Waals surface area contributed by atoms with Crippen molar-refractivity contribution in [3.63, 3.8) is 0 Å². The van der Waals surface area contributed by atoms with Crippen molar-refractivity contribution in [2.45, 2.75) is 40.0 Å². The number of fused-ring (bicyclic) bond motifs is 1. The summed E-state index contributed by atoms with van der Waals surface area (Å²) in [5.74, 6) is 0.573. The number of allylic oxidation sites excluding steroid dienone is 1. The Morgan fingerprint density at radius 1 is 0.864 bits per heavy atom. The third kappa shape index (κ3) is 2.75. The van der Waals surface area contributed by atoms with Gasteiger partial charge in [-0.15, -0.1) is 0 Å². The largest absolute Gasteiger partial charge is 0.0613 e. The molecule has 0 aromatic heterocycles. The minimum atomic E-state index is 0.204. The van der Waals surface area contributed by atoms with Gasteiger partial charge in [-0.2, -0.15) is 0 Å². The van der Waals surface area contributed by atoms with Gasteiger partial charge >= 0.3 is 0 Å². The van der Waals surface area contributed by atoms with Crippen molar-refractivity contribution in [3.8, 4) is 11.1 Å². The molecule has 22 heavy (non-hydrogen) atoms. The second-order valence-corrected chi connectivity index (χ2v) is 7.58. The van der Waals surface area contributed by atoms with Crippen molar-refractivity contribution in [2.24, 2.45) is 5.92 Å². The van der Waals surface area contributed by atoms with Crippen LogP contribution in [0.1, 0.15) is 51.3 Å². The Labute approximate surface area is 134 Å². The maximum Gasteiger partial charge on any atom is 0.0167 e. The molecule has 0 fully saturated rings. The standard InChI is InChI=1S/C22H25/c1-15(2)18-13-17-7-6-8-20(21(17)14-18)16-9-11-19(12-10-16)22(3,4)5/h6-15H,1-5H3. The molecule has 113 valence electrons. The van der Waals surface area contributed by atoms with Crippen LogP contribution in [-0.2, 0) is 5.41 Å². The van der Waals surface area contributed by atoms with E-state index >= 15 is 0 Å². The summed E-state index contributed by atoms with van der Waals surface area (Å²) >= 11 is 0. The summed E-state index contributed by atoms with van der Waals surface area (Å²) in [6, 6.07) is 15.7. The lowest BCUT2D eigenvalue weighted by Crippen LogP contribution is -2.10. The lowest BCUT2D eigenvalue weighted by atomic mass is 9.86. The van der Waals surface area contributed by atoms with Crippen molar-refractivity contribution in [1.29, 1.82) is 0 Å². The van der Waals surface area contributed by atoms with Crippen LogP contribution < -0.4 is 0 Å². The molecule has 0 N–H and O–H groups in total. The first-order valence-electron chi connectivity index (χ1n) is 8.16. The van der Waals surface area contributed by atoms with E-state index in [4.69, 9.17) is 0 Å². The third-order valence-corrected chi connectivity index (χ3v) is 4.50. The molecule has 1 aliphatic carbocycles. The molecular formula is C22H25. The summed E-state index contributed by atoms with van der Waals surface area (Å²) in [5.41, 5.74) is 8.37. The summed E-state index contributed by atoms with van der Waals surface area (Å²) < 4.78 is 0. The molecule has 3 rings (SSSR count). The molecule has 0 unspecified atom stereocenters. The molecular weight excluding hydrogens is 264 g/mol. The molecule has 0 saturated carbocycles. The summed E-state index contributed by atoms with van der Waals surface area (Å²) in [4.78, 5) is 0. The van der Waals surface area contributed by atoms with Crippen LogP contribution in [0.15, 0.2) is 48.0 Å². The topological polar surface area (TPSA) is 0 Å². The van der Waals surface area contributed by atoms with Crippen LogP contribution >= 0.6 is 0 Å². The van der Waals surface area contributed by atoms with Gasteiger partial charge < -0.3 is 0 Å². The van der Waals surface area contributed by atoms with Crippen molar-refractivity contribution in [1.82, 2.24) is 0 Å². The van der Waals surface area contributed by atoms with Crippen molar-refractivity contribution >= 4 is 6.08 Å². The number of hydrogen-bond acceptors (Lipinski definition) is 0. The van der Waals surface area contributed by atoms with Crippen molar-refractivity contribution in [2.75, 3.05) is 0 Å². The first-order chi connectivity index (χ1) is 10.4. The zero-order chi connectivity index (χ0) is 15.9. The van der Waals surface area contributed by atoms with E-state index in [9.17, 15) is 0 Å². The number of rotatable bonds is 2. The lowest BCUT2D eigenvalue weighted by molar-refractivity contribution is 0.590. The predicted octanol–water partition coefficient (Wildman–Crippen LogP) is 6.26. The minimum Gasteiger partial charge on any atom is -0.0613 e. The summed E-state index contributed by atoms with van der Waals surface area (Å²) in [5, 5.41) is 0. The van der Waals surface area contributed by atoms with Crippen LogP contribution in [0.25, 0.3) is 17.2 Å². The van der Waals surface area contributed by atoms with E-state index in [1.807, 2.05) is 0 Å². The molecule has 0 amide bonds. The smallest absolute Gasteiger partial charge is 0.0167 e. The SMILES string of the molecule is CC(C)C1=Cc2c(cccc2-c2ccc(C(C)(C)C)cc2)[CH]1. The van der Waals surface area contributed by atoms with E-state index < -0.39 is 0 Å². The van der Waals surface area contributed by atoms with Gasteiger partial charge in [0, 0.05) is 6.42 Å². The molecule has 1 aliphatic rings. The molecule has 0 nitrogen and oxygen atoms in total. The van der Waals surface area contributed by atoms with Gasteiger partial charge in [0.15, 0.2) is 0 Å². The fourth-order valence-corrected chi connectivity index (χ4v) is 2.99. The molecule has 0 heterocycles. The van der Waals surface area contributed by atoms with Crippen LogP contribution in [0.2, 0.25) is 0 Å². The Morgan fingerprint density at radius 3 is 2.14 bits per heavy atom. The Hall–Kier alpha value is -1.82. The first-order valence-corrected chi connectivity index (χ1v) is 8.16. The van der Waals surface area contributed by atoms with Gasteiger partial charge in [0.1, 0.15) is 0 Å². The zero-order valence-corrected chi connectivity index (χ0v) is 14.3. The summed E-state index contributed by atoms with van der Waals surface area (Å²) in [6.07, 6.45) is 4.68. The highest BCUT2D eigenvalue weighted by molar-refractivity contribution is 5.83. The second-order valence-electron chi connectivity index (χ2n) is 7.58. The van der Waals surface area contributed by atoms with Crippen LogP contribution in [0.3, 0.4) is 0 Å². The number of hydrogen-bond donors (Lipinski definition) is 0. The molecule has 0 heteroatoms. The van der Waals surface area contributed by atoms with E-state index in [-0.39, 0.29) is 5.41 Å². The Kier molecular flexibility index (Phi) is 3.72. The van der Waals surface area contributed by atoms with E-state index in [0.29, 0.717) is 5.92 Å². The van der Waals surface area contributed by atoms with Gasteiger partial charge in [0.05, 0.1) is 0 Å². The first kappa shape index (κ1) is 15.1. The van der Waals surface area contributed by atoms with Crippen molar-refractivity contribution in [3.05, 3.63) is 71.1 Å². The van der Waals surface area contributed by atoms with Crippen LogP contribution in [0, 0.1) is 12.3 Å². The van der Waals surface area contributed by atoms with Gasteiger partial charge in [-0.1, -0.05) is 88.7 Å². The molecule has 2 aromatic rings. The van der Waals surface area contributed by atoms with Gasteiger partial charge in [0.2, 0.25) is 0 Å². The molecule has 2 aromatic carbocycles. The van der Waals surface area contributed by atoms with Gasteiger partial charge in [0.25, 0.3) is 0 Å². The summed E-state index contributed by atoms with van der Waals surface area (Å²) in [7, 11) is 0. The normalized spacial score (nSPS) is 14.2. The van der Waals surface area contributed by atoms with Crippen molar-refractivity contribution < 1.29 is 0 Å². The van der Waals surface area contributed by atoms with E-state index in [2.05, 4.69) is 89.6 Å². The fourth-order valence-electron chi connectivity index (χ4n) is 2.99. The molecule has 1 radical (unpaired) electrons. The average molecular weight is 289 g/mol. The van der Waals surface area contributed by atoms with Crippen LogP contribution in [-0.4, -0.2) is 0 Å². The highest BCUT2D eigenvalue weighted by atomic mass is 14.2. The highest BCUT2D eigenvalue weighted by Gasteiger charge is 2.19. The van der Waals surface area contributed by atoms with E-state index in [1.165, 1.54) is 33.4 Å². The predicted molar refractivity (Wildman–Crippen MR) is 96.8 cm³/mol. The third-order valence-electron chi connectivity index (χ3n) is 4.50. The monoisotopic (exact) mass is 289 g/mol. The van der Waals surface area contributed by atoms with Crippen LogP contribution in [0.5, 0.6) is 0 Å². The Bertz CT molecular complexity index is 707. The average Bonchev–Trinajstić information content (AvgIpc) is 2.90.